The van der Waals surface area contributed by atoms with Crippen LogP contribution in [0.3, 0.4) is 0 Å². The number of hydrogen-bond donors (Lipinski definition) is 0. The van der Waals surface area contributed by atoms with Gasteiger partial charge in [-0.3, -0.25) is 4.57 Å². The van der Waals surface area contributed by atoms with E-state index in [9.17, 15) is 0 Å². The summed E-state index contributed by atoms with van der Waals surface area (Å²) in [7, 11) is 0. The second-order valence-electron chi connectivity index (χ2n) is 17.4. The topological polar surface area (TPSA) is 45.5 Å². The fourth-order valence-corrected chi connectivity index (χ4v) is 10.8. The van der Waals surface area contributed by atoms with Gasteiger partial charge in [0, 0.05) is 66.1 Å². The van der Waals surface area contributed by atoms with Gasteiger partial charge in [-0.15, -0.1) is 10.2 Å². The summed E-state index contributed by atoms with van der Waals surface area (Å²) in [6.45, 7) is 0. The maximum absolute atomic E-state index is 4.86. The van der Waals surface area contributed by atoms with Crippen LogP contribution in [0.4, 0.5) is 0 Å². The van der Waals surface area contributed by atoms with Gasteiger partial charge in [-0.2, -0.15) is 0 Å². The van der Waals surface area contributed by atoms with Crippen molar-refractivity contribution < 1.29 is 0 Å². The Hall–Kier alpha value is -9.26. The van der Waals surface area contributed by atoms with Crippen LogP contribution in [0, 0.1) is 0 Å². The Labute approximate surface area is 391 Å². The monoisotopic (exact) mass is 868 g/mol. The second kappa shape index (κ2) is 15.2. The Morgan fingerprint density at radius 2 is 0.779 bits per heavy atom. The molecule has 10 aromatic carbocycles. The first kappa shape index (κ1) is 38.1. The van der Waals surface area contributed by atoms with Crippen LogP contribution in [0.2, 0.25) is 0 Å². The average molecular weight is 869 g/mol. The number of nitrogens with zero attached hydrogens (tertiary/aromatic N) is 6. The summed E-state index contributed by atoms with van der Waals surface area (Å²) in [6, 6.07) is 87.0. The molecule has 6 nitrogen and oxygen atoms in total. The first-order chi connectivity index (χ1) is 33.8. The first-order valence-corrected chi connectivity index (χ1v) is 23.1. The summed E-state index contributed by atoms with van der Waals surface area (Å²) in [5.41, 5.74) is 15.7. The van der Waals surface area contributed by atoms with Gasteiger partial charge in [-0.1, -0.05) is 158 Å². The zero-order chi connectivity index (χ0) is 44.7. The van der Waals surface area contributed by atoms with Crippen molar-refractivity contribution in [2.24, 2.45) is 0 Å². The van der Waals surface area contributed by atoms with Crippen molar-refractivity contribution in [3.05, 3.63) is 243 Å². The normalized spacial score (nSPS) is 11.8. The molecule has 0 N–H and O–H groups in total. The Balaban J connectivity index is 0.947. The first-order valence-electron chi connectivity index (χ1n) is 23.1. The molecule has 6 heteroatoms. The number of para-hydroxylation sites is 6. The van der Waals surface area contributed by atoms with Crippen molar-refractivity contribution in [2.45, 2.75) is 0 Å². The standard InChI is InChI=1S/C62H40N6/c1-4-19-41(20-5-1)61-63-64-62(67(61)45-24-8-3-9-25-45)43-35-37-57-52(40-43)49-29-12-16-33-55(49)68(57)53-31-14-10-27-47(53)42-21-18-26-46(39-42)65-56-34-17-13-30-51(56)59-58(65)38-36-50-48-28-11-15-32-54(48)66(60(50)59)44-22-6-2-7-23-44/h1-40H. The average Bonchev–Trinajstić information content (AvgIpc) is 4.18. The highest BCUT2D eigenvalue weighted by Crippen LogP contribution is 2.43. The third-order valence-electron chi connectivity index (χ3n) is 13.7. The third kappa shape index (κ3) is 5.71. The van der Waals surface area contributed by atoms with Gasteiger partial charge in [0.25, 0.3) is 0 Å². The van der Waals surface area contributed by atoms with Crippen LogP contribution in [-0.4, -0.2) is 28.5 Å². The van der Waals surface area contributed by atoms with Crippen LogP contribution < -0.4 is 0 Å². The molecule has 0 spiro atoms. The number of fused-ring (bicyclic) bond motifs is 10. The molecule has 14 aromatic rings. The molecule has 0 bridgehead atoms. The van der Waals surface area contributed by atoms with Gasteiger partial charge in [-0.25, -0.2) is 0 Å². The van der Waals surface area contributed by atoms with Crippen LogP contribution >= 0.6 is 0 Å². The zero-order valence-corrected chi connectivity index (χ0v) is 36.8. The minimum absolute atomic E-state index is 0.790. The van der Waals surface area contributed by atoms with Crippen molar-refractivity contribution in [1.82, 2.24) is 28.5 Å². The van der Waals surface area contributed by atoms with E-state index >= 15 is 0 Å². The highest BCUT2D eigenvalue weighted by atomic mass is 15.3. The molecule has 0 aliphatic rings. The van der Waals surface area contributed by atoms with Crippen LogP contribution in [-0.2, 0) is 0 Å². The highest BCUT2D eigenvalue weighted by Gasteiger charge is 2.23. The van der Waals surface area contributed by atoms with Gasteiger partial charge in [0.1, 0.15) is 0 Å². The molecule has 0 fully saturated rings. The van der Waals surface area contributed by atoms with E-state index in [4.69, 9.17) is 10.2 Å². The van der Waals surface area contributed by atoms with E-state index in [0.717, 1.165) is 73.1 Å². The van der Waals surface area contributed by atoms with Gasteiger partial charge in [0.15, 0.2) is 11.6 Å². The summed E-state index contributed by atoms with van der Waals surface area (Å²) in [5.74, 6) is 1.59. The van der Waals surface area contributed by atoms with Gasteiger partial charge >= 0.3 is 0 Å². The van der Waals surface area contributed by atoms with Gasteiger partial charge in [0.05, 0.1) is 38.8 Å². The molecule has 0 atom stereocenters. The Bertz CT molecular complexity index is 4250. The van der Waals surface area contributed by atoms with Crippen LogP contribution in [0.25, 0.3) is 122 Å². The molecule has 0 saturated carbocycles. The lowest BCUT2D eigenvalue weighted by molar-refractivity contribution is 1.07. The van der Waals surface area contributed by atoms with Crippen LogP contribution in [0.1, 0.15) is 0 Å². The number of aromatic nitrogens is 6. The minimum atomic E-state index is 0.790. The molecule has 0 unspecified atom stereocenters. The second-order valence-corrected chi connectivity index (χ2v) is 17.4. The number of rotatable bonds is 7. The van der Waals surface area contributed by atoms with E-state index < -0.39 is 0 Å². The van der Waals surface area contributed by atoms with Crippen molar-refractivity contribution in [1.29, 1.82) is 0 Å². The fraction of sp³-hybridized carbons (Fsp3) is 0. The smallest absolute Gasteiger partial charge is 0.168 e. The number of benzene rings is 10. The molecule has 0 aliphatic heterocycles. The molecular weight excluding hydrogens is 829 g/mol. The summed E-state index contributed by atoms with van der Waals surface area (Å²) in [5, 5.41) is 16.9. The quantitative estimate of drug-likeness (QED) is 0.160. The molecule has 4 heterocycles. The molecule has 4 aromatic heterocycles. The summed E-state index contributed by atoms with van der Waals surface area (Å²) in [4.78, 5) is 0. The van der Waals surface area contributed by atoms with Crippen molar-refractivity contribution in [3.63, 3.8) is 0 Å². The highest BCUT2D eigenvalue weighted by molar-refractivity contribution is 6.26. The van der Waals surface area contributed by atoms with E-state index in [0.29, 0.717) is 0 Å². The lowest BCUT2D eigenvalue weighted by Crippen LogP contribution is -2.00. The lowest BCUT2D eigenvalue weighted by atomic mass is 10.0. The molecule has 318 valence electrons. The zero-order valence-electron chi connectivity index (χ0n) is 36.8. The van der Waals surface area contributed by atoms with Gasteiger partial charge in [-0.05, 0) is 90.5 Å². The van der Waals surface area contributed by atoms with E-state index in [1.807, 2.05) is 24.3 Å². The van der Waals surface area contributed by atoms with Crippen molar-refractivity contribution in [2.75, 3.05) is 0 Å². The van der Waals surface area contributed by atoms with Gasteiger partial charge in [0.2, 0.25) is 0 Å². The third-order valence-corrected chi connectivity index (χ3v) is 13.7. The maximum atomic E-state index is 4.86. The van der Waals surface area contributed by atoms with Crippen LogP contribution in [0.5, 0.6) is 0 Å². The summed E-state index contributed by atoms with van der Waals surface area (Å²) < 4.78 is 9.48. The van der Waals surface area contributed by atoms with E-state index in [1.165, 1.54) is 49.0 Å². The van der Waals surface area contributed by atoms with Crippen molar-refractivity contribution in [3.8, 4) is 56.7 Å². The molecule has 0 aliphatic carbocycles. The Morgan fingerprint density at radius 3 is 1.51 bits per heavy atom. The fourth-order valence-electron chi connectivity index (χ4n) is 10.8. The summed E-state index contributed by atoms with van der Waals surface area (Å²) in [6.07, 6.45) is 0. The minimum Gasteiger partial charge on any atom is -0.309 e. The van der Waals surface area contributed by atoms with Crippen LogP contribution in [0.15, 0.2) is 243 Å². The Kier molecular flexibility index (Phi) is 8.48. The predicted octanol–water partition coefficient (Wildman–Crippen LogP) is 15.6. The van der Waals surface area contributed by atoms with E-state index in [1.54, 1.807) is 0 Å². The molecular formula is C62H40N6. The SMILES string of the molecule is c1ccc(-c2nnc(-c3ccc4c(c3)c3ccccc3n4-c3ccccc3-c3cccc(-n4c5ccccc5c5c4ccc4c6ccccc6n(-c6ccccc6)c45)c3)n2-c2ccccc2)cc1. The molecule has 0 radical (unpaired) electrons. The molecule has 0 amide bonds. The van der Waals surface area contributed by atoms with Crippen molar-refractivity contribution >= 4 is 65.4 Å². The van der Waals surface area contributed by atoms with E-state index in [2.05, 4.69) is 237 Å². The molecule has 14 rings (SSSR count). The molecule has 0 saturated heterocycles. The number of hydrogen-bond acceptors (Lipinski definition) is 2. The summed E-state index contributed by atoms with van der Waals surface area (Å²) >= 11 is 0. The lowest BCUT2D eigenvalue weighted by Gasteiger charge is -2.16. The maximum Gasteiger partial charge on any atom is 0.168 e. The van der Waals surface area contributed by atoms with E-state index in [-0.39, 0.29) is 0 Å². The van der Waals surface area contributed by atoms with Gasteiger partial charge < -0.3 is 13.7 Å². The Morgan fingerprint density at radius 1 is 0.265 bits per heavy atom. The largest absolute Gasteiger partial charge is 0.309 e. The predicted molar refractivity (Wildman–Crippen MR) is 281 cm³/mol. The molecule has 68 heavy (non-hydrogen) atoms.